The number of ether oxygens (including phenoxy) is 4. The molecule has 182 valence electrons. The lowest BCUT2D eigenvalue weighted by molar-refractivity contribution is -0.140. The summed E-state index contributed by atoms with van der Waals surface area (Å²) in [6, 6.07) is 11.1. The zero-order chi connectivity index (χ0) is 24.8. The quantitative estimate of drug-likeness (QED) is 0.321. The lowest BCUT2D eigenvalue weighted by atomic mass is 9.95. The summed E-state index contributed by atoms with van der Waals surface area (Å²) in [7, 11) is 4.55. The Bertz CT molecular complexity index is 1060. The highest BCUT2D eigenvalue weighted by atomic mass is 16.5. The van der Waals surface area contributed by atoms with Crippen LogP contribution in [0.3, 0.4) is 0 Å². The monoisotopic (exact) mass is 469 g/mol. The van der Waals surface area contributed by atoms with Crippen LogP contribution in [0.25, 0.3) is 5.76 Å². The van der Waals surface area contributed by atoms with Gasteiger partial charge in [0, 0.05) is 19.2 Å². The molecule has 0 aliphatic carbocycles. The van der Waals surface area contributed by atoms with Gasteiger partial charge in [-0.2, -0.15) is 0 Å². The van der Waals surface area contributed by atoms with Gasteiger partial charge in [0.2, 0.25) is 0 Å². The van der Waals surface area contributed by atoms with Crippen molar-refractivity contribution in [1.29, 1.82) is 0 Å². The largest absolute Gasteiger partial charge is 0.507 e. The van der Waals surface area contributed by atoms with Crippen molar-refractivity contribution < 1.29 is 33.6 Å². The second-order valence-corrected chi connectivity index (χ2v) is 8.33. The molecule has 1 aliphatic heterocycles. The lowest BCUT2D eigenvalue weighted by Crippen LogP contribution is -2.32. The summed E-state index contributed by atoms with van der Waals surface area (Å²) in [5, 5.41) is 11.2. The van der Waals surface area contributed by atoms with Crippen LogP contribution in [0.5, 0.6) is 17.2 Å². The van der Waals surface area contributed by atoms with E-state index < -0.39 is 17.7 Å². The second-order valence-electron chi connectivity index (χ2n) is 8.33. The minimum absolute atomic E-state index is 0.00386. The normalized spacial score (nSPS) is 17.4. The summed E-state index contributed by atoms with van der Waals surface area (Å²) in [5.41, 5.74) is 1.02. The summed E-state index contributed by atoms with van der Waals surface area (Å²) in [6.07, 6.45) is 0. The summed E-state index contributed by atoms with van der Waals surface area (Å²) in [6.45, 7) is 5.08. The van der Waals surface area contributed by atoms with E-state index >= 15 is 0 Å². The molecule has 1 saturated heterocycles. The van der Waals surface area contributed by atoms with E-state index in [0.717, 1.165) is 0 Å². The molecule has 0 spiro atoms. The van der Waals surface area contributed by atoms with Crippen molar-refractivity contribution in [2.45, 2.75) is 19.9 Å². The number of likely N-dealkylation sites (tertiary alicyclic amines) is 1. The Balaban J connectivity index is 2.07. The SMILES string of the molecule is COCCN1C(=O)C(=O)C(=C(O)c2ccc(OCC(C)C)cc2)[C@@H]1c1ccc(OC)c(OC)c1. The van der Waals surface area contributed by atoms with Gasteiger partial charge in [-0.15, -0.1) is 0 Å². The topological polar surface area (TPSA) is 94.5 Å². The fraction of sp³-hybridized carbons (Fsp3) is 0.385. The number of carbonyl (C=O) groups is 2. The number of rotatable bonds is 10. The first-order chi connectivity index (χ1) is 16.3. The smallest absolute Gasteiger partial charge is 0.295 e. The standard InChI is InChI=1S/C26H31NO7/c1-16(2)15-34-19-9-6-17(7-10-19)24(28)22-23(27(12-13-31-3)26(30)25(22)29)18-8-11-20(32-4)21(14-18)33-5/h6-11,14,16,23,28H,12-13,15H2,1-5H3/t23-/m0/s1. The van der Waals surface area contributed by atoms with Crippen molar-refractivity contribution in [2.75, 3.05) is 41.1 Å². The van der Waals surface area contributed by atoms with E-state index in [1.54, 1.807) is 42.5 Å². The van der Waals surface area contributed by atoms with Gasteiger partial charge in [0.1, 0.15) is 11.5 Å². The maximum Gasteiger partial charge on any atom is 0.295 e. The summed E-state index contributed by atoms with van der Waals surface area (Å²) in [4.78, 5) is 27.4. The molecule has 1 aliphatic rings. The predicted octanol–water partition coefficient (Wildman–Crippen LogP) is 3.81. The van der Waals surface area contributed by atoms with Gasteiger partial charge < -0.3 is 29.0 Å². The van der Waals surface area contributed by atoms with Gasteiger partial charge >= 0.3 is 0 Å². The molecular weight excluding hydrogens is 438 g/mol. The zero-order valence-electron chi connectivity index (χ0n) is 20.2. The number of Topliss-reactive ketones (excluding diaryl/α,β-unsaturated/α-hetero) is 1. The molecule has 8 heteroatoms. The Morgan fingerprint density at radius 3 is 2.26 bits per heavy atom. The summed E-state index contributed by atoms with van der Waals surface area (Å²) >= 11 is 0. The molecule has 1 N–H and O–H groups in total. The molecule has 8 nitrogen and oxygen atoms in total. The van der Waals surface area contributed by atoms with E-state index in [1.165, 1.54) is 26.2 Å². The Labute approximate surface area is 199 Å². The van der Waals surface area contributed by atoms with E-state index in [0.29, 0.717) is 40.9 Å². The second kappa shape index (κ2) is 11.1. The Hall–Kier alpha value is -3.52. The maximum absolute atomic E-state index is 13.1. The maximum atomic E-state index is 13.1. The molecule has 2 aromatic rings. The summed E-state index contributed by atoms with van der Waals surface area (Å²) < 4.78 is 21.6. The van der Waals surface area contributed by atoms with Crippen LogP contribution in [0.15, 0.2) is 48.0 Å². The van der Waals surface area contributed by atoms with Gasteiger partial charge in [0.25, 0.3) is 11.7 Å². The van der Waals surface area contributed by atoms with Gasteiger partial charge in [-0.1, -0.05) is 19.9 Å². The molecule has 0 bridgehead atoms. The average Bonchev–Trinajstić information content (AvgIpc) is 3.10. The molecule has 0 aromatic heterocycles. The Kier molecular flexibility index (Phi) is 8.17. The van der Waals surface area contributed by atoms with Crippen LogP contribution in [-0.2, 0) is 14.3 Å². The molecule has 2 aromatic carbocycles. The number of aliphatic hydroxyl groups excluding tert-OH is 1. The van der Waals surface area contributed by atoms with Crippen LogP contribution in [0, 0.1) is 5.92 Å². The van der Waals surface area contributed by atoms with Gasteiger partial charge in [0.05, 0.1) is 39.0 Å². The van der Waals surface area contributed by atoms with Gasteiger partial charge in [-0.3, -0.25) is 9.59 Å². The van der Waals surface area contributed by atoms with Gasteiger partial charge in [-0.25, -0.2) is 0 Å². The number of benzene rings is 2. The number of hydrogen-bond acceptors (Lipinski definition) is 7. The fourth-order valence-electron chi connectivity index (χ4n) is 3.80. The fourth-order valence-corrected chi connectivity index (χ4v) is 3.80. The molecule has 1 fully saturated rings. The van der Waals surface area contributed by atoms with Crippen molar-refractivity contribution in [3.05, 3.63) is 59.2 Å². The first-order valence-electron chi connectivity index (χ1n) is 11.0. The van der Waals surface area contributed by atoms with Crippen molar-refractivity contribution in [3.63, 3.8) is 0 Å². The number of amides is 1. The van der Waals surface area contributed by atoms with E-state index in [4.69, 9.17) is 18.9 Å². The lowest BCUT2D eigenvalue weighted by Gasteiger charge is -2.25. The third kappa shape index (κ3) is 5.17. The minimum atomic E-state index is -0.813. The van der Waals surface area contributed by atoms with Crippen molar-refractivity contribution >= 4 is 17.4 Å². The van der Waals surface area contributed by atoms with Gasteiger partial charge in [-0.05, 0) is 47.9 Å². The summed E-state index contributed by atoms with van der Waals surface area (Å²) in [5.74, 6) is 0.276. The van der Waals surface area contributed by atoms with Crippen molar-refractivity contribution in [2.24, 2.45) is 5.92 Å². The van der Waals surface area contributed by atoms with E-state index in [9.17, 15) is 14.7 Å². The van der Waals surface area contributed by atoms with Crippen LogP contribution < -0.4 is 14.2 Å². The van der Waals surface area contributed by atoms with Crippen LogP contribution in [0.1, 0.15) is 31.0 Å². The Morgan fingerprint density at radius 2 is 1.68 bits per heavy atom. The van der Waals surface area contributed by atoms with Crippen LogP contribution in [-0.4, -0.2) is 62.8 Å². The highest BCUT2D eigenvalue weighted by Crippen LogP contribution is 2.41. The first kappa shape index (κ1) is 25.1. The number of nitrogens with zero attached hydrogens (tertiary/aromatic N) is 1. The molecule has 0 radical (unpaired) electrons. The highest BCUT2D eigenvalue weighted by molar-refractivity contribution is 6.46. The molecular formula is C26H31NO7. The van der Waals surface area contributed by atoms with E-state index in [2.05, 4.69) is 13.8 Å². The van der Waals surface area contributed by atoms with Crippen molar-refractivity contribution in [1.82, 2.24) is 4.90 Å². The van der Waals surface area contributed by atoms with Crippen LogP contribution in [0.4, 0.5) is 0 Å². The number of carbonyl (C=O) groups excluding carboxylic acids is 2. The number of aliphatic hydroxyl groups is 1. The first-order valence-corrected chi connectivity index (χ1v) is 11.0. The third-order valence-corrected chi connectivity index (χ3v) is 5.51. The van der Waals surface area contributed by atoms with Crippen LogP contribution >= 0.6 is 0 Å². The van der Waals surface area contributed by atoms with Crippen LogP contribution in [0.2, 0.25) is 0 Å². The molecule has 3 rings (SSSR count). The molecule has 34 heavy (non-hydrogen) atoms. The molecule has 1 heterocycles. The number of ketones is 1. The molecule has 1 amide bonds. The van der Waals surface area contributed by atoms with E-state index in [1.807, 2.05) is 0 Å². The molecule has 1 atom stereocenters. The van der Waals surface area contributed by atoms with E-state index in [-0.39, 0.29) is 24.5 Å². The Morgan fingerprint density at radius 1 is 1.00 bits per heavy atom. The number of methoxy groups -OCH3 is 3. The third-order valence-electron chi connectivity index (χ3n) is 5.51. The zero-order valence-corrected chi connectivity index (χ0v) is 20.2. The minimum Gasteiger partial charge on any atom is -0.507 e. The average molecular weight is 470 g/mol. The molecule has 0 saturated carbocycles. The predicted molar refractivity (Wildman–Crippen MR) is 127 cm³/mol. The highest BCUT2D eigenvalue weighted by Gasteiger charge is 2.46. The molecule has 0 unspecified atom stereocenters. The van der Waals surface area contributed by atoms with Gasteiger partial charge in [0.15, 0.2) is 11.5 Å². The van der Waals surface area contributed by atoms with Crippen molar-refractivity contribution in [3.8, 4) is 17.2 Å². The number of hydrogen-bond donors (Lipinski definition) is 1.